The molecule has 0 bridgehead atoms. The Labute approximate surface area is 171 Å². The average molecular weight is 412 g/mol. The second-order valence-corrected chi connectivity index (χ2v) is 9.13. The summed E-state index contributed by atoms with van der Waals surface area (Å²) >= 11 is 0. The van der Waals surface area contributed by atoms with Crippen molar-refractivity contribution in [2.24, 2.45) is 0 Å². The maximum atomic E-state index is 13.1. The molecule has 0 amide bonds. The molecule has 0 fully saturated rings. The van der Waals surface area contributed by atoms with Crippen LogP contribution < -0.4 is 0 Å². The van der Waals surface area contributed by atoms with Crippen molar-refractivity contribution < 1.29 is 12.9 Å². The third-order valence-electron chi connectivity index (χ3n) is 4.57. The summed E-state index contributed by atoms with van der Waals surface area (Å²) < 4.78 is 32.8. The Hall–Kier alpha value is -2.77. The van der Waals surface area contributed by atoms with Gasteiger partial charge in [-0.1, -0.05) is 61.0 Å². The molecule has 7 heteroatoms. The predicted molar refractivity (Wildman–Crippen MR) is 113 cm³/mol. The van der Waals surface area contributed by atoms with Gasteiger partial charge in [0.1, 0.15) is 0 Å². The van der Waals surface area contributed by atoms with Crippen LogP contribution in [0, 0.1) is 6.92 Å². The van der Waals surface area contributed by atoms with Crippen molar-refractivity contribution in [3.8, 4) is 11.4 Å². The van der Waals surface area contributed by atoms with Gasteiger partial charge in [-0.3, -0.25) is 0 Å². The smallest absolute Gasteiger partial charge is 0.243 e. The van der Waals surface area contributed by atoms with E-state index in [1.165, 1.54) is 10.4 Å². The largest absolute Gasteiger partial charge is 0.338 e. The number of sulfonamides is 1. The second-order valence-electron chi connectivity index (χ2n) is 7.19. The molecule has 1 heterocycles. The van der Waals surface area contributed by atoms with Crippen LogP contribution in [0.2, 0.25) is 0 Å². The van der Waals surface area contributed by atoms with Gasteiger partial charge < -0.3 is 4.52 Å². The lowest BCUT2D eigenvalue weighted by atomic mass is 10.0. The van der Waals surface area contributed by atoms with E-state index in [1.54, 1.807) is 12.1 Å². The van der Waals surface area contributed by atoms with Gasteiger partial charge in [0.15, 0.2) is 0 Å². The van der Waals surface area contributed by atoms with Gasteiger partial charge in [0, 0.05) is 12.1 Å². The minimum atomic E-state index is -3.73. The zero-order valence-electron chi connectivity index (χ0n) is 16.9. The van der Waals surface area contributed by atoms with Gasteiger partial charge in [-0.15, -0.1) is 6.58 Å². The molecule has 0 aliphatic heterocycles. The third-order valence-corrected chi connectivity index (χ3v) is 6.40. The Morgan fingerprint density at radius 3 is 2.52 bits per heavy atom. The molecule has 0 radical (unpaired) electrons. The SMILES string of the molecule is C=CCN(Cc1nc(-c2cccc(C)c2)no1)S(=O)(=O)c1ccc(C(C)C)cc1. The Balaban J connectivity index is 1.85. The highest BCUT2D eigenvalue weighted by molar-refractivity contribution is 7.89. The van der Waals surface area contributed by atoms with Gasteiger partial charge in [0.05, 0.1) is 11.4 Å². The van der Waals surface area contributed by atoms with Gasteiger partial charge in [0.2, 0.25) is 21.7 Å². The molecule has 0 saturated heterocycles. The van der Waals surface area contributed by atoms with E-state index in [-0.39, 0.29) is 23.9 Å². The molecule has 2 aromatic carbocycles. The standard InChI is InChI=1S/C22H25N3O3S/c1-5-13-25(29(26,27)20-11-9-18(10-12-20)16(2)3)15-21-23-22(24-28-21)19-8-6-7-17(4)14-19/h5-12,14,16H,1,13,15H2,2-4H3. The number of benzene rings is 2. The summed E-state index contributed by atoms with van der Waals surface area (Å²) in [6.45, 7) is 9.89. The van der Waals surface area contributed by atoms with Crippen LogP contribution in [0.1, 0.15) is 36.8 Å². The number of aryl methyl sites for hydroxylation is 1. The van der Waals surface area contributed by atoms with Crippen molar-refractivity contribution in [1.82, 2.24) is 14.4 Å². The normalized spacial score (nSPS) is 11.9. The van der Waals surface area contributed by atoms with Crippen LogP contribution in [0.15, 0.2) is 70.6 Å². The van der Waals surface area contributed by atoms with E-state index < -0.39 is 10.0 Å². The van der Waals surface area contributed by atoms with Crippen molar-refractivity contribution >= 4 is 10.0 Å². The molecule has 29 heavy (non-hydrogen) atoms. The van der Waals surface area contributed by atoms with E-state index in [4.69, 9.17) is 4.52 Å². The zero-order chi connectivity index (χ0) is 21.0. The first-order valence-corrected chi connectivity index (χ1v) is 10.9. The van der Waals surface area contributed by atoms with Crippen LogP contribution in [0.4, 0.5) is 0 Å². The highest BCUT2D eigenvalue weighted by Gasteiger charge is 2.26. The van der Waals surface area contributed by atoms with E-state index in [9.17, 15) is 8.42 Å². The minimum absolute atomic E-state index is 0.0287. The number of aromatic nitrogens is 2. The highest BCUT2D eigenvalue weighted by atomic mass is 32.2. The highest BCUT2D eigenvalue weighted by Crippen LogP contribution is 2.23. The molecule has 0 spiro atoms. The fourth-order valence-electron chi connectivity index (χ4n) is 2.94. The summed E-state index contributed by atoms with van der Waals surface area (Å²) in [4.78, 5) is 4.59. The molecule has 1 aromatic heterocycles. The van der Waals surface area contributed by atoms with E-state index in [2.05, 4.69) is 30.6 Å². The Morgan fingerprint density at radius 1 is 1.17 bits per heavy atom. The van der Waals surface area contributed by atoms with Crippen LogP contribution >= 0.6 is 0 Å². The molecule has 0 atom stereocenters. The van der Waals surface area contributed by atoms with Gasteiger partial charge in [-0.05, 0) is 36.6 Å². The molecule has 0 N–H and O–H groups in total. The number of hydrogen-bond donors (Lipinski definition) is 0. The summed E-state index contributed by atoms with van der Waals surface area (Å²) in [6.07, 6.45) is 1.54. The summed E-state index contributed by atoms with van der Waals surface area (Å²) in [5.41, 5.74) is 2.98. The van der Waals surface area contributed by atoms with Crippen LogP contribution in [0.3, 0.4) is 0 Å². The number of nitrogens with zero attached hydrogens (tertiary/aromatic N) is 3. The fourth-order valence-corrected chi connectivity index (χ4v) is 4.30. The van der Waals surface area contributed by atoms with E-state index in [1.807, 2.05) is 43.3 Å². The van der Waals surface area contributed by atoms with E-state index in [0.29, 0.717) is 11.7 Å². The lowest BCUT2D eigenvalue weighted by Gasteiger charge is -2.19. The molecule has 0 unspecified atom stereocenters. The van der Waals surface area contributed by atoms with Gasteiger partial charge in [-0.2, -0.15) is 9.29 Å². The molecule has 6 nitrogen and oxygen atoms in total. The Morgan fingerprint density at radius 2 is 1.90 bits per heavy atom. The van der Waals surface area contributed by atoms with Crippen molar-refractivity contribution in [2.75, 3.05) is 6.54 Å². The minimum Gasteiger partial charge on any atom is -0.338 e. The topological polar surface area (TPSA) is 76.3 Å². The molecule has 0 saturated carbocycles. The maximum absolute atomic E-state index is 13.1. The Bertz CT molecular complexity index is 1090. The lowest BCUT2D eigenvalue weighted by molar-refractivity contribution is 0.327. The molecule has 3 rings (SSSR count). The summed E-state index contributed by atoms with van der Waals surface area (Å²) in [5.74, 6) is 0.987. The molecular formula is C22H25N3O3S. The fraction of sp³-hybridized carbons (Fsp3) is 0.273. The van der Waals surface area contributed by atoms with Gasteiger partial charge >= 0.3 is 0 Å². The van der Waals surface area contributed by atoms with Crippen molar-refractivity contribution in [2.45, 2.75) is 38.1 Å². The predicted octanol–water partition coefficient (Wildman–Crippen LogP) is 4.55. The lowest BCUT2D eigenvalue weighted by Crippen LogP contribution is -2.31. The quantitative estimate of drug-likeness (QED) is 0.509. The first kappa shape index (κ1) is 21.0. The van der Waals surface area contributed by atoms with E-state index in [0.717, 1.165) is 16.7 Å². The number of hydrogen-bond acceptors (Lipinski definition) is 5. The third kappa shape index (κ3) is 4.81. The average Bonchev–Trinajstić information content (AvgIpc) is 3.16. The first-order valence-electron chi connectivity index (χ1n) is 9.42. The Kier molecular flexibility index (Phi) is 6.30. The van der Waals surface area contributed by atoms with Crippen molar-refractivity contribution in [3.63, 3.8) is 0 Å². The van der Waals surface area contributed by atoms with Crippen molar-refractivity contribution in [3.05, 3.63) is 78.2 Å². The molecular weight excluding hydrogens is 386 g/mol. The summed E-state index contributed by atoms with van der Waals surface area (Å²) in [5, 5.41) is 3.99. The van der Waals surface area contributed by atoms with Crippen LogP contribution in [0.5, 0.6) is 0 Å². The molecule has 3 aromatic rings. The molecule has 152 valence electrons. The number of rotatable bonds is 8. The van der Waals surface area contributed by atoms with E-state index >= 15 is 0 Å². The van der Waals surface area contributed by atoms with Crippen molar-refractivity contribution in [1.29, 1.82) is 0 Å². The maximum Gasteiger partial charge on any atom is 0.243 e. The monoisotopic (exact) mass is 411 g/mol. The second kappa shape index (κ2) is 8.71. The zero-order valence-corrected chi connectivity index (χ0v) is 17.7. The summed E-state index contributed by atoms with van der Waals surface area (Å²) in [6, 6.07) is 14.7. The van der Waals surface area contributed by atoms with Crippen LogP contribution in [0.25, 0.3) is 11.4 Å². The molecule has 0 aliphatic carbocycles. The summed E-state index contributed by atoms with van der Waals surface area (Å²) in [7, 11) is -3.73. The molecule has 0 aliphatic rings. The van der Waals surface area contributed by atoms with Crippen LogP contribution in [-0.2, 0) is 16.6 Å². The van der Waals surface area contributed by atoms with Gasteiger partial charge in [0.25, 0.3) is 0 Å². The van der Waals surface area contributed by atoms with Gasteiger partial charge in [-0.25, -0.2) is 8.42 Å². The first-order chi connectivity index (χ1) is 13.8. The van der Waals surface area contributed by atoms with Crippen LogP contribution in [-0.4, -0.2) is 29.4 Å².